The molecule has 0 saturated heterocycles. The van der Waals surface area contributed by atoms with E-state index in [1.807, 2.05) is 0 Å². The van der Waals surface area contributed by atoms with Crippen molar-refractivity contribution in [2.75, 3.05) is 19.4 Å². The molecule has 1 amide bonds. The number of hydrogen-bond donors (Lipinski definition) is 2. The maximum absolute atomic E-state index is 11.8. The number of amides is 1. The van der Waals surface area contributed by atoms with Crippen LogP contribution in [0.3, 0.4) is 0 Å². The Morgan fingerprint density at radius 2 is 2.16 bits per heavy atom. The highest BCUT2D eigenvalue weighted by molar-refractivity contribution is 5.89. The minimum atomic E-state index is -1.05. The lowest BCUT2D eigenvalue weighted by Crippen LogP contribution is -2.33. The van der Waals surface area contributed by atoms with E-state index in [0.29, 0.717) is 11.8 Å². The molecule has 3 N–H and O–H groups in total. The number of carboxylic acids is 1. The van der Waals surface area contributed by atoms with E-state index in [0.717, 1.165) is 12.8 Å². The van der Waals surface area contributed by atoms with Crippen LogP contribution in [0.5, 0.6) is 5.75 Å². The zero-order valence-electron chi connectivity index (χ0n) is 10.6. The summed E-state index contributed by atoms with van der Waals surface area (Å²) in [4.78, 5) is 24.2. The van der Waals surface area contributed by atoms with Crippen LogP contribution in [0.25, 0.3) is 0 Å². The summed E-state index contributed by atoms with van der Waals surface area (Å²) in [5, 5.41) is 8.80. The van der Waals surface area contributed by atoms with Crippen LogP contribution in [-0.4, -0.2) is 41.6 Å². The van der Waals surface area contributed by atoms with Gasteiger partial charge in [0.1, 0.15) is 5.75 Å². The highest BCUT2D eigenvalue weighted by Gasteiger charge is 2.29. The lowest BCUT2D eigenvalue weighted by Gasteiger charge is -2.17. The highest BCUT2D eigenvalue weighted by atomic mass is 16.5. The van der Waals surface area contributed by atoms with Gasteiger partial charge in [-0.15, -0.1) is 0 Å². The molecule has 0 aromatic heterocycles. The molecule has 19 heavy (non-hydrogen) atoms. The van der Waals surface area contributed by atoms with Crippen molar-refractivity contribution < 1.29 is 19.4 Å². The van der Waals surface area contributed by atoms with Crippen LogP contribution in [0.4, 0.5) is 5.69 Å². The standard InChI is InChI=1S/C13H16N2O4/c1-15(9-3-4-9)12(16)7-19-11-5-2-8(13(17)18)6-10(11)14/h2,5-6,9H,3-4,7,14H2,1H3,(H,17,18). The highest BCUT2D eigenvalue weighted by Crippen LogP contribution is 2.26. The topological polar surface area (TPSA) is 92.9 Å². The number of ether oxygens (including phenoxy) is 1. The molecule has 0 atom stereocenters. The number of nitrogen functional groups attached to an aromatic ring is 1. The third-order valence-corrected chi connectivity index (χ3v) is 3.10. The molecular formula is C13H16N2O4. The van der Waals surface area contributed by atoms with Crippen LogP contribution in [-0.2, 0) is 4.79 Å². The molecule has 1 aromatic carbocycles. The van der Waals surface area contributed by atoms with E-state index in [-0.39, 0.29) is 23.8 Å². The maximum Gasteiger partial charge on any atom is 0.335 e. The van der Waals surface area contributed by atoms with E-state index in [4.69, 9.17) is 15.6 Å². The van der Waals surface area contributed by atoms with Crippen LogP contribution in [0.1, 0.15) is 23.2 Å². The summed E-state index contributed by atoms with van der Waals surface area (Å²) in [5.41, 5.74) is 5.98. The summed E-state index contributed by atoms with van der Waals surface area (Å²) in [5.74, 6) is -0.838. The monoisotopic (exact) mass is 264 g/mol. The first-order chi connectivity index (χ1) is 8.99. The lowest BCUT2D eigenvalue weighted by molar-refractivity contribution is -0.132. The number of likely N-dealkylation sites (N-methyl/N-ethyl adjacent to an activating group) is 1. The molecule has 0 aliphatic heterocycles. The number of benzene rings is 1. The number of carbonyl (C=O) groups is 2. The van der Waals surface area contributed by atoms with Crippen molar-refractivity contribution in [1.29, 1.82) is 0 Å². The molecule has 1 aliphatic rings. The van der Waals surface area contributed by atoms with Crippen molar-refractivity contribution in [3.05, 3.63) is 23.8 Å². The first-order valence-electron chi connectivity index (χ1n) is 6.00. The third-order valence-electron chi connectivity index (χ3n) is 3.10. The van der Waals surface area contributed by atoms with Gasteiger partial charge in [0.2, 0.25) is 0 Å². The zero-order valence-corrected chi connectivity index (χ0v) is 10.6. The van der Waals surface area contributed by atoms with Crippen LogP contribution >= 0.6 is 0 Å². The number of hydrogen-bond acceptors (Lipinski definition) is 4. The number of anilines is 1. The van der Waals surface area contributed by atoms with Crippen LogP contribution < -0.4 is 10.5 Å². The van der Waals surface area contributed by atoms with Gasteiger partial charge in [-0.1, -0.05) is 0 Å². The first kappa shape index (κ1) is 13.2. The van der Waals surface area contributed by atoms with E-state index in [2.05, 4.69) is 0 Å². The van der Waals surface area contributed by atoms with Crippen LogP contribution in [0.15, 0.2) is 18.2 Å². The van der Waals surface area contributed by atoms with Crippen molar-refractivity contribution in [3.8, 4) is 5.75 Å². The predicted molar refractivity (Wildman–Crippen MR) is 69.1 cm³/mol. The van der Waals surface area contributed by atoms with Gasteiger partial charge in [0.15, 0.2) is 6.61 Å². The fraction of sp³-hybridized carbons (Fsp3) is 0.385. The minimum absolute atomic E-state index is 0.0891. The molecule has 2 rings (SSSR count). The van der Waals surface area contributed by atoms with Crippen LogP contribution in [0.2, 0.25) is 0 Å². The van der Waals surface area contributed by atoms with Crippen molar-refractivity contribution in [2.24, 2.45) is 0 Å². The normalized spacial score (nSPS) is 13.9. The van der Waals surface area contributed by atoms with E-state index in [1.54, 1.807) is 11.9 Å². The van der Waals surface area contributed by atoms with E-state index < -0.39 is 5.97 Å². The van der Waals surface area contributed by atoms with Gasteiger partial charge < -0.3 is 20.5 Å². The number of aromatic carboxylic acids is 1. The van der Waals surface area contributed by atoms with Gasteiger partial charge >= 0.3 is 5.97 Å². The molecule has 0 bridgehead atoms. The van der Waals surface area contributed by atoms with E-state index in [9.17, 15) is 9.59 Å². The molecule has 1 aromatic rings. The summed E-state index contributed by atoms with van der Waals surface area (Å²) in [6.45, 7) is -0.0936. The summed E-state index contributed by atoms with van der Waals surface area (Å²) < 4.78 is 5.32. The van der Waals surface area contributed by atoms with Gasteiger partial charge in [0, 0.05) is 13.1 Å². The summed E-state index contributed by atoms with van der Waals surface area (Å²) in [6.07, 6.45) is 2.08. The SMILES string of the molecule is CN(C(=O)COc1ccc(C(=O)O)cc1N)C1CC1. The Labute approximate surface area is 110 Å². The largest absolute Gasteiger partial charge is 0.482 e. The second-order valence-electron chi connectivity index (χ2n) is 4.58. The lowest BCUT2D eigenvalue weighted by atomic mass is 10.2. The Bertz CT molecular complexity index is 511. The number of nitrogens with two attached hydrogens (primary N) is 1. The molecule has 1 fully saturated rings. The average molecular weight is 264 g/mol. The number of carboxylic acid groups (broad SMARTS) is 1. The third kappa shape index (κ3) is 3.15. The second-order valence-corrected chi connectivity index (χ2v) is 4.58. The quantitative estimate of drug-likeness (QED) is 0.773. The molecule has 0 unspecified atom stereocenters. The summed E-state index contributed by atoms with van der Waals surface area (Å²) in [7, 11) is 1.75. The molecule has 0 spiro atoms. The summed E-state index contributed by atoms with van der Waals surface area (Å²) >= 11 is 0. The van der Waals surface area contributed by atoms with Gasteiger partial charge in [0.25, 0.3) is 5.91 Å². The molecule has 0 radical (unpaired) electrons. The van der Waals surface area contributed by atoms with Gasteiger partial charge in [-0.25, -0.2) is 4.79 Å². The molecule has 6 nitrogen and oxygen atoms in total. The molecule has 1 saturated carbocycles. The van der Waals surface area contributed by atoms with Gasteiger partial charge in [0.05, 0.1) is 11.3 Å². The Kier molecular flexibility index (Phi) is 3.59. The van der Waals surface area contributed by atoms with Gasteiger partial charge in [-0.05, 0) is 31.0 Å². The first-order valence-corrected chi connectivity index (χ1v) is 6.00. The van der Waals surface area contributed by atoms with Crippen molar-refractivity contribution in [3.63, 3.8) is 0 Å². The van der Waals surface area contributed by atoms with E-state index >= 15 is 0 Å². The van der Waals surface area contributed by atoms with Crippen molar-refractivity contribution >= 4 is 17.6 Å². The van der Waals surface area contributed by atoms with Crippen molar-refractivity contribution in [2.45, 2.75) is 18.9 Å². The molecule has 1 aliphatic carbocycles. The fourth-order valence-corrected chi connectivity index (χ4v) is 1.72. The summed E-state index contributed by atoms with van der Waals surface area (Å²) in [6, 6.07) is 4.50. The number of carbonyl (C=O) groups excluding carboxylic acids is 1. The number of rotatable bonds is 5. The number of nitrogens with zero attached hydrogens (tertiary/aromatic N) is 1. The predicted octanol–water partition coefficient (Wildman–Crippen LogP) is 0.967. The van der Waals surface area contributed by atoms with Gasteiger partial charge in [-0.3, -0.25) is 4.79 Å². The van der Waals surface area contributed by atoms with Gasteiger partial charge in [-0.2, -0.15) is 0 Å². The Morgan fingerprint density at radius 3 is 2.68 bits per heavy atom. The Morgan fingerprint density at radius 1 is 1.47 bits per heavy atom. The Hall–Kier alpha value is -2.24. The fourth-order valence-electron chi connectivity index (χ4n) is 1.72. The molecule has 0 heterocycles. The maximum atomic E-state index is 11.8. The molecule has 6 heteroatoms. The van der Waals surface area contributed by atoms with E-state index in [1.165, 1.54) is 18.2 Å². The minimum Gasteiger partial charge on any atom is -0.482 e. The van der Waals surface area contributed by atoms with Crippen LogP contribution in [0, 0.1) is 0 Å². The molecular weight excluding hydrogens is 248 g/mol. The smallest absolute Gasteiger partial charge is 0.335 e. The Balaban J connectivity index is 1.95. The average Bonchev–Trinajstić information content (AvgIpc) is 3.20. The van der Waals surface area contributed by atoms with Crippen molar-refractivity contribution in [1.82, 2.24) is 4.90 Å². The molecule has 102 valence electrons. The second kappa shape index (κ2) is 5.17. The zero-order chi connectivity index (χ0) is 14.0.